The predicted octanol–water partition coefficient (Wildman–Crippen LogP) is 7.61. The Morgan fingerprint density at radius 3 is 2.22 bits per heavy atom. The molecule has 4 aromatic rings. The number of nitrogens with one attached hydrogen (secondary N) is 2. The van der Waals surface area contributed by atoms with Gasteiger partial charge in [0, 0.05) is 36.3 Å². The number of anilines is 1. The molecule has 0 unspecified atom stereocenters. The fourth-order valence-electron chi connectivity index (χ4n) is 7.57. The van der Waals surface area contributed by atoms with Crippen molar-refractivity contribution in [3.8, 4) is 11.3 Å². The largest absolute Gasteiger partial charge is 0.478 e. The van der Waals surface area contributed by atoms with Gasteiger partial charge in [0.1, 0.15) is 12.1 Å². The maximum absolute atomic E-state index is 14.1. The quantitative estimate of drug-likeness (QED) is 0.150. The van der Waals surface area contributed by atoms with Crippen LogP contribution in [0.2, 0.25) is 0 Å². The van der Waals surface area contributed by atoms with Gasteiger partial charge in [0.05, 0.1) is 11.2 Å². The smallest absolute Gasteiger partial charge is 0.331 e. The molecule has 3 N–H and O–H groups in total. The van der Waals surface area contributed by atoms with Crippen molar-refractivity contribution < 1.29 is 24.3 Å². The molecule has 2 fully saturated rings. The van der Waals surface area contributed by atoms with Crippen molar-refractivity contribution in [2.75, 3.05) is 19.4 Å². The Bertz CT molecular complexity index is 1930. The Labute approximate surface area is 293 Å². The van der Waals surface area contributed by atoms with Crippen LogP contribution in [0.15, 0.2) is 78.4 Å². The van der Waals surface area contributed by atoms with Crippen LogP contribution in [0.4, 0.5) is 5.69 Å². The molecule has 50 heavy (non-hydrogen) atoms. The van der Waals surface area contributed by atoms with Gasteiger partial charge in [-0.3, -0.25) is 14.4 Å². The van der Waals surface area contributed by atoms with Gasteiger partial charge in [0.2, 0.25) is 11.8 Å². The first-order chi connectivity index (χ1) is 24.1. The lowest BCUT2D eigenvalue weighted by Crippen LogP contribution is -2.55. The number of aliphatic carboxylic acids is 1. The van der Waals surface area contributed by atoms with Gasteiger partial charge in [0.15, 0.2) is 0 Å². The number of hydrogen-bond donors (Lipinski definition) is 3. The number of carboxylic acids is 1. The van der Waals surface area contributed by atoms with E-state index in [-0.39, 0.29) is 29.8 Å². The molecule has 260 valence electrons. The first-order valence-electron chi connectivity index (χ1n) is 17.6. The lowest BCUT2D eigenvalue weighted by molar-refractivity contribution is -0.132. The molecule has 3 aromatic carbocycles. The summed E-state index contributed by atoms with van der Waals surface area (Å²) in [5, 5.41) is 16.4. The summed E-state index contributed by atoms with van der Waals surface area (Å²) >= 11 is 0. The van der Waals surface area contributed by atoms with Crippen LogP contribution < -0.4 is 10.6 Å². The third-order valence-electron chi connectivity index (χ3n) is 10.4. The standard InChI is InChI=1S/C41H46N4O5/c1-27(39(48)49)24-28-16-19-32(20-17-28)42-40(50)41(22-10-11-23-41)43-38(47)31-18-21-33-34(25-31)45(26-35(46)44(2)3)37(30-14-8-5-9-15-30)36(33)29-12-6-4-7-13-29/h5,8-9,14-21,24-25,29H,4,6-7,10-13,22-23,26H2,1-3H3,(H,42,50)(H,43,47)(H,48,49). The van der Waals surface area contributed by atoms with Crippen LogP contribution in [0.3, 0.4) is 0 Å². The number of aromatic nitrogens is 1. The number of benzene rings is 3. The number of rotatable bonds is 10. The summed E-state index contributed by atoms with van der Waals surface area (Å²) < 4.78 is 2.09. The Hall–Kier alpha value is -5.18. The molecule has 0 aliphatic heterocycles. The number of carbonyl (C=O) groups excluding carboxylic acids is 3. The second-order valence-corrected chi connectivity index (χ2v) is 14.0. The molecule has 2 aliphatic carbocycles. The van der Waals surface area contributed by atoms with E-state index in [0.29, 0.717) is 35.6 Å². The molecule has 9 nitrogen and oxygen atoms in total. The Morgan fingerprint density at radius 1 is 0.900 bits per heavy atom. The van der Waals surface area contributed by atoms with Crippen LogP contribution in [0, 0.1) is 0 Å². The molecule has 1 aromatic heterocycles. The highest BCUT2D eigenvalue weighted by Crippen LogP contribution is 2.44. The van der Waals surface area contributed by atoms with Gasteiger partial charge in [0.25, 0.3) is 5.91 Å². The van der Waals surface area contributed by atoms with E-state index in [2.05, 4.69) is 27.3 Å². The SMILES string of the molecule is CC(=Cc1ccc(NC(=O)C2(NC(=O)c3ccc4c(C5CCCCC5)c(-c5ccccc5)n(CC(=O)N(C)C)c4c3)CCCC2)cc1)C(=O)O. The topological polar surface area (TPSA) is 121 Å². The Kier molecular flexibility index (Phi) is 10.2. The van der Waals surface area contributed by atoms with Gasteiger partial charge in [-0.1, -0.05) is 80.6 Å². The molecular weight excluding hydrogens is 628 g/mol. The lowest BCUT2D eigenvalue weighted by Gasteiger charge is -2.29. The summed E-state index contributed by atoms with van der Waals surface area (Å²) in [6.45, 7) is 1.67. The maximum Gasteiger partial charge on any atom is 0.331 e. The number of carboxylic acid groups (broad SMARTS) is 1. The van der Waals surface area contributed by atoms with Crippen molar-refractivity contribution in [1.29, 1.82) is 0 Å². The zero-order valence-corrected chi connectivity index (χ0v) is 29.1. The van der Waals surface area contributed by atoms with E-state index in [1.807, 2.05) is 36.4 Å². The van der Waals surface area contributed by atoms with E-state index in [0.717, 1.165) is 47.8 Å². The van der Waals surface area contributed by atoms with E-state index in [9.17, 15) is 24.3 Å². The fraction of sp³-hybridized carbons (Fsp3) is 0.366. The van der Waals surface area contributed by atoms with Crippen molar-refractivity contribution in [1.82, 2.24) is 14.8 Å². The number of hydrogen-bond acceptors (Lipinski definition) is 4. The summed E-state index contributed by atoms with van der Waals surface area (Å²) in [6.07, 6.45) is 9.95. The molecule has 1 heterocycles. The number of fused-ring (bicyclic) bond motifs is 1. The third kappa shape index (κ3) is 7.22. The highest BCUT2D eigenvalue weighted by molar-refractivity contribution is 6.06. The number of nitrogens with zero attached hydrogens (tertiary/aromatic N) is 2. The summed E-state index contributed by atoms with van der Waals surface area (Å²) in [7, 11) is 3.52. The minimum atomic E-state index is -1.07. The van der Waals surface area contributed by atoms with E-state index >= 15 is 0 Å². The van der Waals surface area contributed by atoms with Crippen molar-refractivity contribution in [3.05, 3.63) is 95.1 Å². The first-order valence-corrected chi connectivity index (χ1v) is 17.6. The summed E-state index contributed by atoms with van der Waals surface area (Å²) in [5.41, 5.74) is 5.01. The fourth-order valence-corrected chi connectivity index (χ4v) is 7.57. The minimum absolute atomic E-state index is 0.0354. The van der Waals surface area contributed by atoms with Gasteiger partial charge in [-0.15, -0.1) is 0 Å². The van der Waals surface area contributed by atoms with E-state index in [4.69, 9.17) is 0 Å². The normalized spacial score (nSPS) is 16.3. The Balaban J connectivity index is 1.34. The first kappa shape index (κ1) is 34.7. The summed E-state index contributed by atoms with van der Waals surface area (Å²) in [6, 6.07) is 22.9. The molecule has 0 radical (unpaired) electrons. The average molecular weight is 675 g/mol. The zero-order chi connectivity index (χ0) is 35.4. The predicted molar refractivity (Wildman–Crippen MR) is 197 cm³/mol. The van der Waals surface area contributed by atoms with Crippen molar-refractivity contribution in [2.45, 2.75) is 82.7 Å². The van der Waals surface area contributed by atoms with Crippen molar-refractivity contribution in [2.24, 2.45) is 0 Å². The van der Waals surface area contributed by atoms with E-state index < -0.39 is 11.5 Å². The molecule has 3 amide bonds. The van der Waals surface area contributed by atoms with Crippen LogP contribution in [0.25, 0.3) is 28.2 Å². The molecule has 9 heteroatoms. The summed E-state index contributed by atoms with van der Waals surface area (Å²) in [4.78, 5) is 54.0. The van der Waals surface area contributed by atoms with Crippen LogP contribution >= 0.6 is 0 Å². The van der Waals surface area contributed by atoms with E-state index in [1.54, 1.807) is 49.3 Å². The van der Waals surface area contributed by atoms with Gasteiger partial charge < -0.3 is 25.2 Å². The number of carbonyl (C=O) groups is 4. The van der Waals surface area contributed by atoms with Crippen LogP contribution in [-0.2, 0) is 20.9 Å². The molecule has 2 saturated carbocycles. The van der Waals surface area contributed by atoms with Gasteiger partial charge in [-0.25, -0.2) is 4.79 Å². The molecule has 0 saturated heterocycles. The van der Waals surface area contributed by atoms with Crippen molar-refractivity contribution in [3.63, 3.8) is 0 Å². The average Bonchev–Trinajstić information content (AvgIpc) is 3.73. The second kappa shape index (κ2) is 14.7. The van der Waals surface area contributed by atoms with Crippen LogP contribution in [0.5, 0.6) is 0 Å². The Morgan fingerprint density at radius 2 is 1.58 bits per heavy atom. The van der Waals surface area contributed by atoms with Gasteiger partial charge in [-0.05, 0) is 85.6 Å². The monoisotopic (exact) mass is 674 g/mol. The van der Waals surface area contributed by atoms with E-state index in [1.165, 1.54) is 31.7 Å². The van der Waals surface area contributed by atoms with Gasteiger partial charge >= 0.3 is 5.97 Å². The second-order valence-electron chi connectivity index (χ2n) is 14.0. The number of amides is 3. The lowest BCUT2D eigenvalue weighted by atomic mass is 9.81. The van der Waals surface area contributed by atoms with Crippen molar-refractivity contribution >= 4 is 46.4 Å². The van der Waals surface area contributed by atoms with Crippen LogP contribution in [-0.4, -0.2) is 57.9 Å². The zero-order valence-electron chi connectivity index (χ0n) is 29.1. The number of likely N-dealkylation sites (N-methyl/N-ethyl adjacent to an activating group) is 1. The highest BCUT2D eigenvalue weighted by Gasteiger charge is 2.43. The highest BCUT2D eigenvalue weighted by atomic mass is 16.4. The third-order valence-corrected chi connectivity index (χ3v) is 10.4. The molecule has 6 rings (SSSR count). The molecule has 2 aliphatic rings. The molecule has 0 spiro atoms. The molecule has 0 bridgehead atoms. The summed E-state index contributed by atoms with van der Waals surface area (Å²) in [5.74, 6) is -1.28. The molecular formula is C41H46N4O5. The van der Waals surface area contributed by atoms with Crippen LogP contribution in [0.1, 0.15) is 92.1 Å². The minimum Gasteiger partial charge on any atom is -0.478 e. The van der Waals surface area contributed by atoms with Gasteiger partial charge in [-0.2, -0.15) is 0 Å². The molecule has 0 atom stereocenters. The maximum atomic E-state index is 14.1.